The number of rotatable bonds is 2. The highest BCUT2D eigenvalue weighted by atomic mass is 16.5. The Bertz CT molecular complexity index is 881. The highest BCUT2D eigenvalue weighted by molar-refractivity contribution is 5.79. The lowest BCUT2D eigenvalue weighted by atomic mass is 10.0. The molecule has 0 atom stereocenters. The summed E-state index contributed by atoms with van der Waals surface area (Å²) in [5.74, 6) is 0.772. The van der Waals surface area contributed by atoms with Crippen LogP contribution in [-0.2, 0) is 0 Å². The smallest absolute Gasteiger partial charge is 0.178 e. The van der Waals surface area contributed by atoms with Crippen LogP contribution >= 0.6 is 0 Å². The highest BCUT2D eigenvalue weighted by Gasteiger charge is 2.17. The Kier molecular flexibility index (Phi) is 2.98. The third-order valence-electron chi connectivity index (χ3n) is 3.11. The average molecular weight is 275 g/mol. The number of aromatic nitrogens is 3. The SMILES string of the molecule is COc1c(C#N)ccc(-c2nc3ncccc3[nH]2)c1C#N. The van der Waals surface area contributed by atoms with Gasteiger partial charge in [0.05, 0.1) is 18.2 Å². The van der Waals surface area contributed by atoms with E-state index in [1.54, 1.807) is 24.4 Å². The molecule has 0 aliphatic rings. The van der Waals surface area contributed by atoms with Gasteiger partial charge < -0.3 is 9.72 Å². The minimum absolute atomic E-state index is 0.255. The van der Waals surface area contributed by atoms with E-state index >= 15 is 0 Å². The van der Waals surface area contributed by atoms with Crippen molar-refractivity contribution in [1.29, 1.82) is 10.5 Å². The molecule has 21 heavy (non-hydrogen) atoms. The summed E-state index contributed by atoms with van der Waals surface area (Å²) in [5.41, 5.74) is 2.51. The number of aromatic amines is 1. The molecule has 0 spiro atoms. The fourth-order valence-corrected chi connectivity index (χ4v) is 2.16. The predicted molar refractivity (Wildman–Crippen MR) is 75.3 cm³/mol. The molecule has 2 aromatic heterocycles. The molecule has 3 rings (SSSR count). The van der Waals surface area contributed by atoms with Crippen molar-refractivity contribution in [1.82, 2.24) is 15.0 Å². The lowest BCUT2D eigenvalue weighted by molar-refractivity contribution is 0.412. The summed E-state index contributed by atoms with van der Waals surface area (Å²) in [6, 6.07) is 11.0. The summed E-state index contributed by atoms with van der Waals surface area (Å²) in [5, 5.41) is 18.5. The topological polar surface area (TPSA) is 98.4 Å². The second-order valence-corrected chi connectivity index (χ2v) is 4.25. The standard InChI is InChI=1S/C15H9N5O/c1-21-13-9(7-16)4-5-10(11(13)8-17)14-19-12-3-2-6-18-15(12)20-14/h2-6H,1H3,(H,18,19,20). The van der Waals surface area contributed by atoms with Gasteiger partial charge in [-0.05, 0) is 24.3 Å². The van der Waals surface area contributed by atoms with Crippen molar-refractivity contribution in [3.05, 3.63) is 41.6 Å². The van der Waals surface area contributed by atoms with Gasteiger partial charge in [-0.1, -0.05) is 0 Å². The Hall–Kier alpha value is -3.38. The van der Waals surface area contributed by atoms with Crippen LogP contribution in [0.25, 0.3) is 22.6 Å². The Morgan fingerprint density at radius 1 is 1.19 bits per heavy atom. The molecule has 1 N–H and O–H groups in total. The second kappa shape index (κ2) is 4.95. The number of pyridine rings is 1. The maximum atomic E-state index is 9.39. The number of hydrogen-bond donors (Lipinski definition) is 1. The van der Waals surface area contributed by atoms with E-state index in [-0.39, 0.29) is 11.3 Å². The van der Waals surface area contributed by atoms with Crippen LogP contribution in [-0.4, -0.2) is 22.1 Å². The van der Waals surface area contributed by atoms with E-state index in [0.29, 0.717) is 22.6 Å². The molecule has 0 unspecified atom stereocenters. The summed E-state index contributed by atoms with van der Waals surface area (Å²) in [6.07, 6.45) is 1.65. The highest BCUT2D eigenvalue weighted by Crippen LogP contribution is 2.32. The van der Waals surface area contributed by atoms with Crippen molar-refractivity contribution in [3.8, 4) is 29.3 Å². The lowest BCUT2D eigenvalue weighted by Crippen LogP contribution is -1.96. The third kappa shape index (κ3) is 1.96. The average Bonchev–Trinajstić information content (AvgIpc) is 2.96. The number of ether oxygens (including phenoxy) is 1. The van der Waals surface area contributed by atoms with Gasteiger partial charge >= 0.3 is 0 Å². The molecular weight excluding hydrogens is 266 g/mol. The fourth-order valence-electron chi connectivity index (χ4n) is 2.16. The van der Waals surface area contributed by atoms with E-state index < -0.39 is 0 Å². The van der Waals surface area contributed by atoms with Gasteiger partial charge in [0.1, 0.15) is 23.5 Å². The Morgan fingerprint density at radius 3 is 2.71 bits per heavy atom. The summed E-state index contributed by atoms with van der Waals surface area (Å²) in [4.78, 5) is 11.6. The van der Waals surface area contributed by atoms with Crippen molar-refractivity contribution >= 4 is 11.2 Å². The molecule has 0 aliphatic carbocycles. The number of methoxy groups -OCH3 is 1. The largest absolute Gasteiger partial charge is 0.494 e. The number of benzene rings is 1. The van der Waals surface area contributed by atoms with Crippen LogP contribution in [0, 0.1) is 22.7 Å². The molecule has 3 aromatic rings. The lowest BCUT2D eigenvalue weighted by Gasteiger charge is -2.08. The van der Waals surface area contributed by atoms with Crippen LogP contribution in [0.3, 0.4) is 0 Å². The molecule has 0 fully saturated rings. The summed E-state index contributed by atoms with van der Waals surface area (Å²) >= 11 is 0. The molecule has 100 valence electrons. The first-order chi connectivity index (χ1) is 10.3. The van der Waals surface area contributed by atoms with Crippen molar-refractivity contribution in [2.45, 2.75) is 0 Å². The van der Waals surface area contributed by atoms with Crippen LogP contribution in [0.5, 0.6) is 5.75 Å². The van der Waals surface area contributed by atoms with Gasteiger partial charge in [0.25, 0.3) is 0 Å². The van der Waals surface area contributed by atoms with E-state index in [4.69, 9.17) is 10.00 Å². The van der Waals surface area contributed by atoms with Crippen molar-refractivity contribution in [2.75, 3.05) is 7.11 Å². The van der Waals surface area contributed by atoms with Gasteiger partial charge in [-0.3, -0.25) is 0 Å². The van der Waals surface area contributed by atoms with Gasteiger partial charge in [0, 0.05) is 11.8 Å². The van der Waals surface area contributed by atoms with Crippen LogP contribution in [0.4, 0.5) is 0 Å². The van der Waals surface area contributed by atoms with Crippen molar-refractivity contribution in [3.63, 3.8) is 0 Å². The number of nitrogens with zero attached hydrogens (tertiary/aromatic N) is 4. The van der Waals surface area contributed by atoms with Crippen molar-refractivity contribution < 1.29 is 4.74 Å². The molecular formula is C15H9N5O. The maximum Gasteiger partial charge on any atom is 0.178 e. The number of nitrogens with one attached hydrogen (secondary N) is 1. The quantitative estimate of drug-likeness (QED) is 0.774. The first-order valence-electron chi connectivity index (χ1n) is 6.10. The minimum Gasteiger partial charge on any atom is -0.494 e. The van der Waals surface area contributed by atoms with E-state index in [0.717, 1.165) is 5.52 Å². The monoisotopic (exact) mass is 275 g/mol. The molecule has 6 heteroatoms. The summed E-state index contributed by atoms with van der Waals surface area (Å²) < 4.78 is 5.19. The Morgan fingerprint density at radius 2 is 2.05 bits per heavy atom. The van der Waals surface area contributed by atoms with Gasteiger partial charge in [0.2, 0.25) is 0 Å². The molecule has 0 radical (unpaired) electrons. The predicted octanol–water partition coefficient (Wildman–Crippen LogP) is 2.38. The summed E-state index contributed by atoms with van der Waals surface area (Å²) in [6.45, 7) is 0. The molecule has 0 saturated heterocycles. The Balaban J connectivity index is 2.28. The first kappa shape index (κ1) is 12.6. The molecule has 2 heterocycles. The second-order valence-electron chi connectivity index (χ2n) is 4.25. The molecule has 0 aliphatic heterocycles. The first-order valence-corrected chi connectivity index (χ1v) is 6.10. The van der Waals surface area contributed by atoms with E-state index in [1.807, 2.05) is 12.1 Å². The van der Waals surface area contributed by atoms with Gasteiger partial charge in [-0.15, -0.1) is 0 Å². The number of H-pyrrole nitrogens is 1. The minimum atomic E-state index is 0.255. The summed E-state index contributed by atoms with van der Waals surface area (Å²) in [7, 11) is 1.43. The third-order valence-corrected chi connectivity index (χ3v) is 3.11. The van der Waals surface area contributed by atoms with Crippen LogP contribution in [0.15, 0.2) is 30.5 Å². The number of fused-ring (bicyclic) bond motifs is 1. The van der Waals surface area contributed by atoms with Crippen LogP contribution in [0.1, 0.15) is 11.1 Å². The van der Waals surface area contributed by atoms with E-state index in [9.17, 15) is 5.26 Å². The number of hydrogen-bond acceptors (Lipinski definition) is 5. The molecule has 0 saturated carbocycles. The van der Waals surface area contributed by atoms with Crippen LogP contribution < -0.4 is 4.74 Å². The van der Waals surface area contributed by atoms with Gasteiger partial charge in [-0.2, -0.15) is 10.5 Å². The maximum absolute atomic E-state index is 9.39. The number of nitriles is 2. The van der Waals surface area contributed by atoms with E-state index in [2.05, 4.69) is 21.0 Å². The van der Waals surface area contributed by atoms with Gasteiger partial charge in [-0.25, -0.2) is 9.97 Å². The van der Waals surface area contributed by atoms with Crippen LogP contribution in [0.2, 0.25) is 0 Å². The zero-order valence-corrected chi connectivity index (χ0v) is 11.1. The molecule has 6 nitrogen and oxygen atoms in total. The van der Waals surface area contributed by atoms with Crippen molar-refractivity contribution in [2.24, 2.45) is 0 Å². The number of imidazole rings is 1. The van der Waals surface area contributed by atoms with E-state index in [1.165, 1.54) is 7.11 Å². The molecule has 1 aromatic carbocycles. The Labute approximate surface area is 120 Å². The van der Waals surface area contributed by atoms with Gasteiger partial charge in [0.15, 0.2) is 11.4 Å². The molecule has 0 amide bonds. The molecule has 0 bridgehead atoms. The zero-order valence-electron chi connectivity index (χ0n) is 11.1. The fraction of sp³-hybridized carbons (Fsp3) is 0.0667. The normalized spacial score (nSPS) is 10.0. The zero-order chi connectivity index (χ0) is 14.8.